The van der Waals surface area contributed by atoms with Crippen LogP contribution in [0.5, 0.6) is 0 Å². The van der Waals surface area contributed by atoms with E-state index in [1.54, 1.807) is 52.1 Å². The largest absolute Gasteiger partial charge is 0.495 e. The quantitative estimate of drug-likeness (QED) is 0.782. The van der Waals surface area contributed by atoms with E-state index in [9.17, 15) is 14.7 Å². The lowest BCUT2D eigenvalue weighted by Crippen LogP contribution is -2.38. The van der Waals surface area contributed by atoms with Gasteiger partial charge in [-0.15, -0.1) is 0 Å². The Bertz CT molecular complexity index is 681. The summed E-state index contributed by atoms with van der Waals surface area (Å²) in [5.74, 6) is -0.0772. The number of carbonyl (C=O) groups excluding carboxylic acids is 2. The van der Waals surface area contributed by atoms with Crippen LogP contribution in [0.4, 0.5) is 21.0 Å². The van der Waals surface area contributed by atoms with E-state index < -0.39 is 23.9 Å². The van der Waals surface area contributed by atoms with Gasteiger partial charge in [-0.3, -0.25) is 4.90 Å². The maximum atomic E-state index is 12.1. The highest BCUT2D eigenvalue weighted by Crippen LogP contribution is 2.25. The number of carbonyl (C=O) groups is 2. The number of amides is 2. The fourth-order valence-corrected chi connectivity index (χ4v) is 2.36. The van der Waals surface area contributed by atoms with E-state index in [0.717, 1.165) is 5.69 Å². The molecule has 26 heavy (non-hydrogen) atoms. The van der Waals surface area contributed by atoms with Crippen molar-refractivity contribution in [2.24, 2.45) is 0 Å². The molecule has 2 amide bonds. The summed E-state index contributed by atoms with van der Waals surface area (Å²) in [5, 5.41) is 12.0. The zero-order valence-corrected chi connectivity index (χ0v) is 15.5. The number of hydrogen-bond acceptors (Lipinski definition) is 6. The average Bonchev–Trinajstić information content (AvgIpc) is 2.91. The standard InChI is InChI=1S/C18H25N3O5/c1-12(22)20(5)13-6-8-14(9-7-13)21-11-15(25-17(21)24)10-19-16(23)26-18(2,3)4/h6-9,15,22H,1,10-11H2,2-5H3,(H,19,23)/t15-/m0/s1. The second kappa shape index (κ2) is 7.55. The molecule has 2 rings (SSSR count). The number of nitrogens with zero attached hydrogens (tertiary/aromatic N) is 2. The van der Waals surface area contributed by atoms with E-state index in [0.29, 0.717) is 12.2 Å². The Balaban J connectivity index is 1.93. The van der Waals surface area contributed by atoms with Gasteiger partial charge in [-0.1, -0.05) is 0 Å². The molecule has 1 aromatic carbocycles. The molecule has 0 aromatic heterocycles. The van der Waals surface area contributed by atoms with E-state index >= 15 is 0 Å². The first-order valence-corrected chi connectivity index (χ1v) is 8.23. The van der Waals surface area contributed by atoms with Gasteiger partial charge in [-0.2, -0.15) is 0 Å². The van der Waals surface area contributed by atoms with Crippen molar-refractivity contribution in [2.75, 3.05) is 29.9 Å². The van der Waals surface area contributed by atoms with Gasteiger partial charge in [0.2, 0.25) is 0 Å². The molecule has 1 aliphatic heterocycles. The van der Waals surface area contributed by atoms with Crippen LogP contribution in [-0.2, 0) is 9.47 Å². The van der Waals surface area contributed by atoms with Gasteiger partial charge in [-0.25, -0.2) is 9.59 Å². The van der Waals surface area contributed by atoms with Gasteiger partial charge >= 0.3 is 12.2 Å². The van der Waals surface area contributed by atoms with Crippen molar-refractivity contribution in [1.82, 2.24) is 5.32 Å². The Kier molecular flexibility index (Phi) is 5.64. The minimum absolute atomic E-state index is 0.0772. The zero-order chi connectivity index (χ0) is 19.5. The molecule has 0 aliphatic carbocycles. The number of cyclic esters (lactones) is 1. The second-order valence-corrected chi connectivity index (χ2v) is 6.99. The van der Waals surface area contributed by atoms with Crippen molar-refractivity contribution in [3.63, 3.8) is 0 Å². The average molecular weight is 363 g/mol. The van der Waals surface area contributed by atoms with E-state index in [1.807, 2.05) is 0 Å². The Morgan fingerprint density at radius 3 is 2.58 bits per heavy atom. The number of benzene rings is 1. The fraction of sp³-hybridized carbons (Fsp3) is 0.444. The number of aliphatic hydroxyl groups is 1. The van der Waals surface area contributed by atoms with Crippen LogP contribution < -0.4 is 15.1 Å². The molecule has 0 bridgehead atoms. The van der Waals surface area contributed by atoms with Gasteiger partial charge in [0, 0.05) is 18.4 Å². The number of nitrogens with one attached hydrogen (secondary N) is 1. The summed E-state index contributed by atoms with van der Waals surface area (Å²) in [5.41, 5.74) is 0.810. The van der Waals surface area contributed by atoms with E-state index in [2.05, 4.69) is 11.9 Å². The van der Waals surface area contributed by atoms with Crippen molar-refractivity contribution in [3.05, 3.63) is 36.7 Å². The summed E-state index contributed by atoms with van der Waals surface area (Å²) in [6.07, 6.45) is -1.49. The van der Waals surface area contributed by atoms with Crippen molar-refractivity contribution < 1.29 is 24.2 Å². The highest BCUT2D eigenvalue weighted by Gasteiger charge is 2.32. The summed E-state index contributed by atoms with van der Waals surface area (Å²) in [7, 11) is 1.68. The van der Waals surface area contributed by atoms with Crippen LogP contribution in [-0.4, -0.2) is 49.1 Å². The minimum Gasteiger partial charge on any atom is -0.495 e. The number of alkyl carbamates (subject to hydrolysis) is 1. The third-order valence-corrected chi connectivity index (χ3v) is 3.68. The maximum absolute atomic E-state index is 12.1. The molecule has 0 saturated carbocycles. The maximum Gasteiger partial charge on any atom is 0.414 e. The van der Waals surface area contributed by atoms with Crippen LogP contribution in [0.15, 0.2) is 36.7 Å². The first-order chi connectivity index (χ1) is 12.1. The number of hydrogen-bond donors (Lipinski definition) is 2. The predicted octanol–water partition coefficient (Wildman–Crippen LogP) is 3.00. The molecule has 1 saturated heterocycles. The zero-order valence-electron chi connectivity index (χ0n) is 15.5. The minimum atomic E-state index is -0.586. The Labute approximate surface area is 153 Å². The van der Waals surface area contributed by atoms with Gasteiger partial charge in [0.05, 0.1) is 13.1 Å². The molecule has 1 fully saturated rings. The molecule has 1 aliphatic rings. The summed E-state index contributed by atoms with van der Waals surface area (Å²) < 4.78 is 10.4. The van der Waals surface area contributed by atoms with E-state index in [1.165, 1.54) is 9.80 Å². The lowest BCUT2D eigenvalue weighted by Gasteiger charge is -2.20. The Morgan fingerprint density at radius 2 is 2.04 bits per heavy atom. The predicted molar refractivity (Wildman–Crippen MR) is 98.5 cm³/mol. The normalized spacial score (nSPS) is 16.8. The summed E-state index contributed by atoms with van der Waals surface area (Å²) in [4.78, 5) is 26.8. The molecule has 8 heteroatoms. The van der Waals surface area contributed by atoms with E-state index in [4.69, 9.17) is 9.47 Å². The van der Waals surface area contributed by atoms with Gasteiger partial charge in [-0.05, 0) is 51.6 Å². The molecule has 1 heterocycles. The summed E-state index contributed by atoms with van der Waals surface area (Å²) >= 11 is 0. The topological polar surface area (TPSA) is 91.3 Å². The van der Waals surface area contributed by atoms with E-state index in [-0.39, 0.29) is 12.4 Å². The summed E-state index contributed by atoms with van der Waals surface area (Å²) in [6, 6.07) is 7.02. The number of anilines is 2. The first-order valence-electron chi connectivity index (χ1n) is 8.23. The molecule has 142 valence electrons. The van der Waals surface area contributed by atoms with Crippen LogP contribution in [0.1, 0.15) is 20.8 Å². The number of rotatable bonds is 5. The molecule has 2 N–H and O–H groups in total. The van der Waals surface area contributed by atoms with Gasteiger partial charge in [0.15, 0.2) is 5.88 Å². The molecular weight excluding hydrogens is 338 g/mol. The lowest BCUT2D eigenvalue weighted by atomic mass is 10.2. The molecule has 0 unspecified atom stereocenters. The smallest absolute Gasteiger partial charge is 0.414 e. The number of ether oxygens (including phenoxy) is 2. The molecular formula is C18H25N3O5. The third kappa shape index (κ3) is 5.05. The van der Waals surface area contributed by atoms with Crippen LogP contribution in [0.3, 0.4) is 0 Å². The van der Waals surface area contributed by atoms with Crippen LogP contribution >= 0.6 is 0 Å². The SMILES string of the molecule is C=C(O)N(C)c1ccc(N2C[C@H](CNC(=O)OC(C)(C)C)OC2=O)cc1. The second-order valence-electron chi connectivity index (χ2n) is 6.99. The molecule has 8 nitrogen and oxygen atoms in total. The van der Waals surface area contributed by atoms with Gasteiger partial charge in [0.25, 0.3) is 0 Å². The Hall–Kier alpha value is -2.90. The van der Waals surface area contributed by atoms with Crippen molar-refractivity contribution in [1.29, 1.82) is 0 Å². The van der Waals surface area contributed by atoms with Gasteiger partial charge in [0.1, 0.15) is 11.7 Å². The highest BCUT2D eigenvalue weighted by atomic mass is 16.6. The fourth-order valence-electron chi connectivity index (χ4n) is 2.36. The third-order valence-electron chi connectivity index (χ3n) is 3.68. The van der Waals surface area contributed by atoms with Crippen molar-refractivity contribution in [2.45, 2.75) is 32.5 Å². The van der Waals surface area contributed by atoms with Crippen LogP contribution in [0, 0.1) is 0 Å². The summed E-state index contributed by atoms with van der Waals surface area (Å²) in [6.45, 7) is 9.27. The first kappa shape index (κ1) is 19.4. The van der Waals surface area contributed by atoms with Crippen LogP contribution in [0.25, 0.3) is 0 Å². The molecule has 1 atom stereocenters. The molecule has 0 spiro atoms. The van der Waals surface area contributed by atoms with Gasteiger partial charge < -0.3 is 24.8 Å². The molecule has 1 aromatic rings. The van der Waals surface area contributed by atoms with Crippen LogP contribution in [0.2, 0.25) is 0 Å². The lowest BCUT2D eigenvalue weighted by molar-refractivity contribution is 0.0496. The highest BCUT2D eigenvalue weighted by molar-refractivity contribution is 5.90. The number of aliphatic hydroxyl groups excluding tert-OH is 1. The Morgan fingerprint density at radius 1 is 1.42 bits per heavy atom. The van der Waals surface area contributed by atoms with Crippen molar-refractivity contribution >= 4 is 23.6 Å². The monoisotopic (exact) mass is 363 g/mol. The van der Waals surface area contributed by atoms with Crippen molar-refractivity contribution in [3.8, 4) is 0 Å². The molecule has 0 radical (unpaired) electrons.